The summed E-state index contributed by atoms with van der Waals surface area (Å²) in [7, 11) is 1.67. The van der Waals surface area contributed by atoms with Gasteiger partial charge in [0.1, 0.15) is 5.75 Å². The average molecular weight is 410 g/mol. The Bertz CT molecular complexity index is 920. The molecule has 0 saturated carbocycles. The molecule has 1 saturated heterocycles. The first-order valence-electron chi connectivity index (χ1n) is 10.3. The second kappa shape index (κ2) is 9.67. The van der Waals surface area contributed by atoms with Crippen molar-refractivity contribution in [1.29, 1.82) is 0 Å². The highest BCUT2D eigenvalue weighted by Gasteiger charge is 2.18. The number of ether oxygens (including phenoxy) is 1. The zero-order valence-electron chi connectivity index (χ0n) is 17.2. The van der Waals surface area contributed by atoms with Gasteiger partial charge >= 0.3 is 0 Å². The monoisotopic (exact) mass is 410 g/mol. The summed E-state index contributed by atoms with van der Waals surface area (Å²) in [4.78, 5) is 12.7. The Labute approximate surface area is 176 Å². The summed E-state index contributed by atoms with van der Waals surface area (Å²) >= 11 is 0. The number of aromatic nitrogens is 4. The fraction of sp³-hybridized carbons (Fsp3) is 0.409. The van der Waals surface area contributed by atoms with E-state index in [4.69, 9.17) is 4.74 Å². The van der Waals surface area contributed by atoms with Gasteiger partial charge in [-0.15, -0.1) is 0 Å². The fourth-order valence-electron chi connectivity index (χ4n) is 3.67. The third kappa shape index (κ3) is 5.13. The van der Waals surface area contributed by atoms with Crippen LogP contribution < -0.4 is 9.64 Å². The van der Waals surface area contributed by atoms with Crippen LogP contribution in [0.1, 0.15) is 12.8 Å². The lowest BCUT2D eigenvalue weighted by Gasteiger charge is -2.34. The highest BCUT2D eigenvalue weighted by molar-refractivity contribution is 5.62. The number of halogens is 1. The summed E-state index contributed by atoms with van der Waals surface area (Å²) in [5.74, 6) is 1.07. The first-order chi connectivity index (χ1) is 14.7. The Kier molecular flexibility index (Phi) is 6.53. The van der Waals surface area contributed by atoms with Crippen molar-refractivity contribution in [1.82, 2.24) is 24.6 Å². The van der Waals surface area contributed by atoms with E-state index in [0.717, 1.165) is 69.0 Å². The van der Waals surface area contributed by atoms with Crippen molar-refractivity contribution in [3.05, 3.63) is 54.9 Å². The Morgan fingerprint density at radius 3 is 2.30 bits per heavy atom. The van der Waals surface area contributed by atoms with Gasteiger partial charge in [-0.25, -0.2) is 14.4 Å². The number of aryl methyl sites for hydroxylation is 1. The van der Waals surface area contributed by atoms with Crippen LogP contribution >= 0.6 is 0 Å². The van der Waals surface area contributed by atoms with Gasteiger partial charge in [-0.2, -0.15) is 5.10 Å². The predicted octanol–water partition coefficient (Wildman–Crippen LogP) is 3.09. The van der Waals surface area contributed by atoms with Crippen molar-refractivity contribution in [3.8, 4) is 16.9 Å². The van der Waals surface area contributed by atoms with Crippen molar-refractivity contribution in [3.63, 3.8) is 0 Å². The van der Waals surface area contributed by atoms with Crippen LogP contribution in [0, 0.1) is 5.82 Å². The number of hydrogen-bond acceptors (Lipinski definition) is 6. The molecule has 1 aliphatic rings. The standard InChI is InChI=1S/C22H27FN6O/c1-30-21-6-4-18(5-7-21)19-14-26-29(17-19)9-3-2-8-27-10-12-28(13-11-27)22-24-15-20(23)16-25-22/h4-7,14-17H,2-3,8-13H2,1H3. The van der Waals surface area contributed by atoms with Crippen molar-refractivity contribution >= 4 is 5.95 Å². The van der Waals surface area contributed by atoms with Gasteiger partial charge in [0.25, 0.3) is 0 Å². The molecule has 0 atom stereocenters. The molecule has 0 N–H and O–H groups in total. The summed E-state index contributed by atoms with van der Waals surface area (Å²) in [6.45, 7) is 5.69. The third-order valence-electron chi connectivity index (χ3n) is 5.43. The maximum Gasteiger partial charge on any atom is 0.225 e. The molecule has 0 bridgehead atoms. The molecule has 3 heterocycles. The van der Waals surface area contributed by atoms with Gasteiger partial charge in [-0.3, -0.25) is 9.58 Å². The molecule has 3 aromatic rings. The second-order valence-electron chi connectivity index (χ2n) is 7.46. The minimum Gasteiger partial charge on any atom is -0.497 e. The molecule has 0 spiro atoms. The summed E-state index contributed by atoms with van der Waals surface area (Å²) in [5.41, 5.74) is 2.27. The predicted molar refractivity (Wildman–Crippen MR) is 114 cm³/mol. The van der Waals surface area contributed by atoms with Crippen molar-refractivity contribution in [2.45, 2.75) is 19.4 Å². The number of anilines is 1. The van der Waals surface area contributed by atoms with E-state index in [2.05, 4.69) is 43.2 Å². The molecule has 0 aliphatic carbocycles. The Hall–Kier alpha value is -3.00. The molecule has 8 heteroatoms. The van der Waals surface area contributed by atoms with E-state index in [-0.39, 0.29) is 0 Å². The molecule has 30 heavy (non-hydrogen) atoms. The number of nitrogens with zero attached hydrogens (tertiary/aromatic N) is 6. The maximum absolute atomic E-state index is 13.0. The molecule has 1 aliphatic heterocycles. The number of benzene rings is 1. The number of rotatable bonds is 8. The normalized spacial score (nSPS) is 14.8. The summed E-state index contributed by atoms with van der Waals surface area (Å²) < 4.78 is 20.2. The van der Waals surface area contributed by atoms with Gasteiger partial charge in [0, 0.05) is 44.5 Å². The lowest BCUT2D eigenvalue weighted by Crippen LogP contribution is -2.47. The largest absolute Gasteiger partial charge is 0.497 e. The van der Waals surface area contributed by atoms with Crippen LogP contribution in [0.4, 0.5) is 10.3 Å². The topological polar surface area (TPSA) is 59.3 Å². The molecule has 2 aromatic heterocycles. The van der Waals surface area contributed by atoms with Crippen LogP contribution in [0.2, 0.25) is 0 Å². The van der Waals surface area contributed by atoms with E-state index in [0.29, 0.717) is 5.95 Å². The fourth-order valence-corrected chi connectivity index (χ4v) is 3.67. The Balaban J connectivity index is 1.17. The molecule has 0 unspecified atom stereocenters. The third-order valence-corrected chi connectivity index (χ3v) is 5.43. The van der Waals surface area contributed by atoms with Crippen LogP contribution in [0.3, 0.4) is 0 Å². The van der Waals surface area contributed by atoms with Crippen molar-refractivity contribution < 1.29 is 9.13 Å². The highest BCUT2D eigenvalue weighted by Crippen LogP contribution is 2.21. The molecule has 158 valence electrons. The first-order valence-corrected chi connectivity index (χ1v) is 10.3. The number of piperazine rings is 1. The van der Waals surface area contributed by atoms with E-state index in [1.807, 2.05) is 23.0 Å². The van der Waals surface area contributed by atoms with Crippen LogP contribution in [-0.2, 0) is 6.54 Å². The van der Waals surface area contributed by atoms with E-state index >= 15 is 0 Å². The van der Waals surface area contributed by atoms with Gasteiger partial charge in [0.2, 0.25) is 5.95 Å². The lowest BCUT2D eigenvalue weighted by atomic mass is 10.1. The quantitative estimate of drug-likeness (QED) is 0.532. The van der Waals surface area contributed by atoms with E-state index in [1.54, 1.807) is 7.11 Å². The van der Waals surface area contributed by atoms with Crippen LogP contribution in [0.5, 0.6) is 5.75 Å². The Morgan fingerprint density at radius 1 is 0.900 bits per heavy atom. The smallest absolute Gasteiger partial charge is 0.225 e. The van der Waals surface area contributed by atoms with Crippen molar-refractivity contribution in [2.24, 2.45) is 0 Å². The molecule has 1 fully saturated rings. The zero-order valence-corrected chi connectivity index (χ0v) is 17.2. The van der Waals surface area contributed by atoms with E-state index in [9.17, 15) is 4.39 Å². The first kappa shape index (κ1) is 20.3. The van der Waals surface area contributed by atoms with E-state index in [1.165, 1.54) is 12.4 Å². The molecule has 4 rings (SSSR count). The SMILES string of the molecule is COc1ccc(-c2cnn(CCCCN3CCN(c4ncc(F)cn4)CC3)c2)cc1. The summed E-state index contributed by atoms with van der Waals surface area (Å²) in [6, 6.07) is 8.04. The number of unbranched alkanes of at least 4 members (excludes halogenated alkanes) is 1. The van der Waals surface area contributed by atoms with Gasteiger partial charge in [0.05, 0.1) is 25.7 Å². The number of methoxy groups -OCH3 is 1. The molecule has 0 radical (unpaired) electrons. The minimum atomic E-state index is -0.398. The molecular weight excluding hydrogens is 383 g/mol. The van der Waals surface area contributed by atoms with Gasteiger partial charge < -0.3 is 9.64 Å². The highest BCUT2D eigenvalue weighted by atomic mass is 19.1. The molecule has 1 aromatic carbocycles. The lowest BCUT2D eigenvalue weighted by molar-refractivity contribution is 0.249. The minimum absolute atomic E-state index is 0.398. The number of hydrogen-bond donors (Lipinski definition) is 0. The Morgan fingerprint density at radius 2 is 1.60 bits per heavy atom. The molecule has 0 amide bonds. The van der Waals surface area contributed by atoms with Crippen LogP contribution in [0.15, 0.2) is 49.1 Å². The van der Waals surface area contributed by atoms with Gasteiger partial charge in [-0.1, -0.05) is 12.1 Å². The maximum atomic E-state index is 13.0. The van der Waals surface area contributed by atoms with Crippen LogP contribution in [-0.4, -0.2) is 64.5 Å². The van der Waals surface area contributed by atoms with Crippen molar-refractivity contribution in [2.75, 3.05) is 44.7 Å². The summed E-state index contributed by atoms with van der Waals surface area (Å²) in [5, 5.41) is 4.49. The van der Waals surface area contributed by atoms with Gasteiger partial charge in [-0.05, 0) is 37.1 Å². The summed E-state index contributed by atoms with van der Waals surface area (Å²) in [6.07, 6.45) is 8.69. The molecule has 7 nitrogen and oxygen atoms in total. The zero-order chi connectivity index (χ0) is 20.8. The van der Waals surface area contributed by atoms with Crippen LogP contribution in [0.25, 0.3) is 11.1 Å². The second-order valence-corrected chi connectivity index (χ2v) is 7.46. The average Bonchev–Trinajstić information content (AvgIpc) is 3.27. The van der Waals surface area contributed by atoms with Gasteiger partial charge in [0.15, 0.2) is 5.82 Å². The molecular formula is C22H27FN6O. The van der Waals surface area contributed by atoms with E-state index < -0.39 is 5.82 Å².